The van der Waals surface area contributed by atoms with Crippen molar-refractivity contribution in [2.45, 2.75) is 0 Å². The lowest BCUT2D eigenvalue weighted by molar-refractivity contribution is -0.142. The molecular formula is C20H19Cl2NO6. The number of benzene rings is 2. The van der Waals surface area contributed by atoms with Crippen molar-refractivity contribution in [2.75, 3.05) is 33.3 Å². The lowest BCUT2D eigenvalue weighted by Crippen LogP contribution is -2.20. The first-order valence-electron chi connectivity index (χ1n) is 8.27. The van der Waals surface area contributed by atoms with E-state index in [2.05, 4.69) is 5.32 Å². The molecule has 1 N–H and O–H groups in total. The van der Waals surface area contributed by atoms with Gasteiger partial charge in [0.15, 0.2) is 18.1 Å². The summed E-state index contributed by atoms with van der Waals surface area (Å²) in [6.07, 6.45) is 2.69. The van der Waals surface area contributed by atoms with Gasteiger partial charge in [0, 0.05) is 21.8 Å². The van der Waals surface area contributed by atoms with E-state index in [9.17, 15) is 9.59 Å². The highest BCUT2D eigenvalue weighted by molar-refractivity contribution is 6.35. The number of rotatable bonds is 8. The Bertz CT molecular complexity index is 884. The minimum Gasteiger partial charge on any atom is -0.493 e. The fourth-order valence-electron chi connectivity index (χ4n) is 2.37. The summed E-state index contributed by atoms with van der Waals surface area (Å²) in [6.45, 7) is -0.470. The van der Waals surface area contributed by atoms with E-state index < -0.39 is 18.5 Å². The highest BCUT2D eigenvalue weighted by Crippen LogP contribution is 2.38. The molecule has 0 aliphatic heterocycles. The molecule has 2 rings (SSSR count). The van der Waals surface area contributed by atoms with Crippen molar-refractivity contribution in [3.63, 3.8) is 0 Å². The van der Waals surface area contributed by atoms with Crippen molar-refractivity contribution >= 4 is 46.8 Å². The van der Waals surface area contributed by atoms with Crippen molar-refractivity contribution in [1.82, 2.24) is 0 Å². The molecule has 0 aliphatic carbocycles. The number of esters is 1. The Kier molecular flexibility index (Phi) is 8.18. The summed E-state index contributed by atoms with van der Waals surface area (Å²) >= 11 is 11.7. The topological polar surface area (TPSA) is 83.1 Å². The number of anilines is 1. The van der Waals surface area contributed by atoms with E-state index in [1.807, 2.05) is 0 Å². The molecule has 0 fully saturated rings. The molecule has 154 valence electrons. The normalized spacial score (nSPS) is 10.5. The molecule has 29 heavy (non-hydrogen) atoms. The molecule has 0 saturated heterocycles. The minimum atomic E-state index is -0.696. The van der Waals surface area contributed by atoms with E-state index in [4.69, 9.17) is 42.1 Å². The third kappa shape index (κ3) is 6.58. The second-order valence-electron chi connectivity index (χ2n) is 5.61. The standard InChI is InChI=1S/C20H19Cl2NO6/c1-26-16-6-12(7-17(27-2)20(16)28-3)4-5-19(25)29-11-18(24)23-15-9-13(21)8-14(22)10-15/h4-10H,11H2,1-3H3,(H,23,24). The molecule has 9 heteroatoms. The van der Waals surface area contributed by atoms with Gasteiger partial charge >= 0.3 is 5.97 Å². The van der Waals surface area contributed by atoms with Crippen LogP contribution in [0, 0.1) is 0 Å². The molecule has 0 bridgehead atoms. The van der Waals surface area contributed by atoms with Crippen LogP contribution >= 0.6 is 23.2 Å². The third-order valence-electron chi connectivity index (χ3n) is 3.59. The summed E-state index contributed by atoms with van der Waals surface area (Å²) in [5.74, 6) is 0.0993. The summed E-state index contributed by atoms with van der Waals surface area (Å²) < 4.78 is 20.7. The van der Waals surface area contributed by atoms with E-state index >= 15 is 0 Å². The lowest BCUT2D eigenvalue weighted by Gasteiger charge is -2.12. The van der Waals surface area contributed by atoms with Gasteiger partial charge in [-0.3, -0.25) is 4.79 Å². The zero-order chi connectivity index (χ0) is 21.4. The van der Waals surface area contributed by atoms with Crippen molar-refractivity contribution in [1.29, 1.82) is 0 Å². The van der Waals surface area contributed by atoms with Crippen LogP contribution in [0.3, 0.4) is 0 Å². The summed E-state index contributed by atoms with van der Waals surface area (Å²) in [5.41, 5.74) is 1.02. The first-order valence-corrected chi connectivity index (χ1v) is 9.02. The number of amides is 1. The van der Waals surface area contributed by atoms with Crippen molar-refractivity contribution in [3.8, 4) is 17.2 Å². The van der Waals surface area contributed by atoms with E-state index in [1.54, 1.807) is 12.1 Å². The quantitative estimate of drug-likeness (QED) is 0.489. The molecule has 0 saturated carbocycles. The maximum Gasteiger partial charge on any atom is 0.331 e. The number of hydrogen-bond donors (Lipinski definition) is 1. The molecule has 1 amide bonds. The van der Waals surface area contributed by atoms with Crippen molar-refractivity contribution in [3.05, 3.63) is 52.0 Å². The van der Waals surface area contributed by atoms with Gasteiger partial charge in [0.25, 0.3) is 5.91 Å². The predicted octanol–water partition coefficient (Wildman–Crippen LogP) is 4.21. The molecule has 7 nitrogen and oxygen atoms in total. The highest BCUT2D eigenvalue weighted by Gasteiger charge is 2.12. The van der Waals surface area contributed by atoms with Crippen LogP contribution in [-0.2, 0) is 14.3 Å². The maximum atomic E-state index is 11.9. The number of ether oxygens (including phenoxy) is 4. The Morgan fingerprint density at radius 2 is 1.52 bits per heavy atom. The Morgan fingerprint density at radius 3 is 2.03 bits per heavy atom. The first-order chi connectivity index (χ1) is 13.9. The van der Waals surface area contributed by atoms with Crippen LogP contribution in [0.2, 0.25) is 10.0 Å². The minimum absolute atomic E-state index is 0.373. The average Bonchev–Trinajstić information content (AvgIpc) is 2.68. The molecule has 0 unspecified atom stereocenters. The van der Waals surface area contributed by atoms with Crippen LogP contribution in [0.15, 0.2) is 36.4 Å². The Balaban J connectivity index is 1.96. The summed E-state index contributed by atoms with van der Waals surface area (Å²) in [6, 6.07) is 7.92. The average molecular weight is 440 g/mol. The number of hydrogen-bond acceptors (Lipinski definition) is 6. The smallest absolute Gasteiger partial charge is 0.331 e. The van der Waals surface area contributed by atoms with Gasteiger partial charge in [-0.25, -0.2) is 4.79 Å². The summed E-state index contributed by atoms with van der Waals surface area (Å²) in [7, 11) is 4.48. The second kappa shape index (κ2) is 10.6. The van der Waals surface area contributed by atoms with E-state index in [0.29, 0.717) is 38.5 Å². The van der Waals surface area contributed by atoms with Crippen LogP contribution in [0.1, 0.15) is 5.56 Å². The molecule has 0 atom stereocenters. The van der Waals surface area contributed by atoms with Crippen LogP contribution in [0.4, 0.5) is 5.69 Å². The van der Waals surface area contributed by atoms with E-state index in [0.717, 1.165) is 0 Å². The fraction of sp³-hybridized carbons (Fsp3) is 0.200. The first kappa shape index (κ1) is 22.4. The van der Waals surface area contributed by atoms with Crippen LogP contribution in [0.25, 0.3) is 6.08 Å². The second-order valence-corrected chi connectivity index (χ2v) is 6.48. The zero-order valence-electron chi connectivity index (χ0n) is 16.0. The molecule has 0 aromatic heterocycles. The molecule has 2 aromatic rings. The molecule has 0 spiro atoms. The predicted molar refractivity (Wildman–Crippen MR) is 111 cm³/mol. The Morgan fingerprint density at radius 1 is 0.931 bits per heavy atom. The van der Waals surface area contributed by atoms with Crippen LogP contribution in [0.5, 0.6) is 17.2 Å². The lowest BCUT2D eigenvalue weighted by atomic mass is 10.1. The monoisotopic (exact) mass is 439 g/mol. The summed E-state index contributed by atoms with van der Waals surface area (Å²) in [4.78, 5) is 23.8. The number of methoxy groups -OCH3 is 3. The number of carbonyl (C=O) groups is 2. The van der Waals surface area contributed by atoms with Gasteiger partial charge in [0.1, 0.15) is 0 Å². The van der Waals surface area contributed by atoms with Gasteiger partial charge in [-0.05, 0) is 42.0 Å². The Hall–Kier alpha value is -2.90. The van der Waals surface area contributed by atoms with Crippen molar-refractivity contribution in [2.24, 2.45) is 0 Å². The Labute approximate surface area is 178 Å². The molecule has 2 aromatic carbocycles. The van der Waals surface area contributed by atoms with E-state index in [1.165, 1.54) is 51.7 Å². The van der Waals surface area contributed by atoms with Gasteiger partial charge in [-0.1, -0.05) is 23.2 Å². The molecule has 0 radical (unpaired) electrons. The summed E-state index contributed by atoms with van der Waals surface area (Å²) in [5, 5.41) is 3.29. The molecular weight excluding hydrogens is 421 g/mol. The third-order valence-corrected chi connectivity index (χ3v) is 4.03. The van der Waals surface area contributed by atoms with Gasteiger partial charge in [-0.2, -0.15) is 0 Å². The fourth-order valence-corrected chi connectivity index (χ4v) is 2.90. The molecule has 0 heterocycles. The SMILES string of the molecule is COc1cc(C=CC(=O)OCC(=O)Nc2cc(Cl)cc(Cl)c2)cc(OC)c1OC. The van der Waals surface area contributed by atoms with Gasteiger partial charge < -0.3 is 24.3 Å². The number of nitrogens with one attached hydrogen (secondary N) is 1. The molecule has 0 aliphatic rings. The number of carbonyl (C=O) groups excluding carboxylic acids is 2. The number of halogens is 2. The van der Waals surface area contributed by atoms with Crippen LogP contribution < -0.4 is 19.5 Å². The largest absolute Gasteiger partial charge is 0.493 e. The maximum absolute atomic E-state index is 11.9. The van der Waals surface area contributed by atoms with Crippen molar-refractivity contribution < 1.29 is 28.5 Å². The van der Waals surface area contributed by atoms with Gasteiger partial charge in [0.05, 0.1) is 21.3 Å². The van der Waals surface area contributed by atoms with Gasteiger partial charge in [-0.15, -0.1) is 0 Å². The zero-order valence-corrected chi connectivity index (χ0v) is 17.5. The van der Waals surface area contributed by atoms with Crippen LogP contribution in [-0.4, -0.2) is 39.8 Å². The highest BCUT2D eigenvalue weighted by atomic mass is 35.5. The van der Waals surface area contributed by atoms with E-state index in [-0.39, 0.29) is 0 Å². The van der Waals surface area contributed by atoms with Gasteiger partial charge in [0.2, 0.25) is 5.75 Å².